The summed E-state index contributed by atoms with van der Waals surface area (Å²) in [6.45, 7) is 0. The molecule has 21 heavy (non-hydrogen) atoms. The molecule has 2 rings (SSSR count). The summed E-state index contributed by atoms with van der Waals surface area (Å²) >= 11 is 2.97. The van der Waals surface area contributed by atoms with Crippen molar-refractivity contribution >= 4 is 27.5 Å². The van der Waals surface area contributed by atoms with Gasteiger partial charge in [-0.3, -0.25) is 4.79 Å². The van der Waals surface area contributed by atoms with Crippen molar-refractivity contribution in [3.63, 3.8) is 0 Å². The molecule has 1 saturated carbocycles. The van der Waals surface area contributed by atoms with Crippen LogP contribution in [-0.2, 0) is 4.79 Å². The maximum atomic E-state index is 12.1. The Balaban J connectivity index is 1.98. The van der Waals surface area contributed by atoms with E-state index in [1.165, 1.54) is 12.1 Å². The Labute approximate surface area is 128 Å². The van der Waals surface area contributed by atoms with Gasteiger partial charge < -0.3 is 15.8 Å². The van der Waals surface area contributed by atoms with Crippen molar-refractivity contribution in [2.45, 2.75) is 37.6 Å². The number of carbonyl (C=O) groups excluding carboxylic acids is 1. The molecule has 1 fully saturated rings. The van der Waals surface area contributed by atoms with Crippen LogP contribution in [0.15, 0.2) is 22.7 Å². The minimum atomic E-state index is -4.76. The van der Waals surface area contributed by atoms with E-state index >= 15 is 0 Å². The molecule has 3 N–H and O–H groups in total. The van der Waals surface area contributed by atoms with Crippen LogP contribution >= 0.6 is 15.9 Å². The number of alkyl halides is 3. The third-order valence-corrected chi connectivity index (χ3v) is 3.92. The number of benzene rings is 1. The number of carbonyl (C=O) groups is 1. The molecule has 1 aromatic rings. The maximum Gasteiger partial charge on any atom is 0.573 e. The first kappa shape index (κ1) is 16.1. The smallest absolute Gasteiger partial charge is 0.405 e. The largest absolute Gasteiger partial charge is 0.573 e. The van der Waals surface area contributed by atoms with Gasteiger partial charge in [0.2, 0.25) is 5.91 Å². The number of rotatable bonds is 4. The molecule has 0 aliphatic heterocycles. The molecule has 0 aromatic heterocycles. The van der Waals surface area contributed by atoms with Gasteiger partial charge in [0.05, 0.1) is 4.47 Å². The van der Waals surface area contributed by atoms with E-state index in [0.717, 1.165) is 25.3 Å². The molecule has 4 nitrogen and oxygen atoms in total. The molecule has 116 valence electrons. The Kier molecular flexibility index (Phi) is 4.48. The molecule has 1 aliphatic rings. The molecule has 8 heteroatoms. The van der Waals surface area contributed by atoms with Crippen LogP contribution in [0.2, 0.25) is 0 Å². The average Bonchev–Trinajstić information content (AvgIpc) is 2.29. The third kappa shape index (κ3) is 4.60. The van der Waals surface area contributed by atoms with E-state index in [1.54, 1.807) is 0 Å². The highest BCUT2D eigenvalue weighted by Crippen LogP contribution is 2.34. The molecular weight excluding hydrogens is 353 g/mol. The van der Waals surface area contributed by atoms with Gasteiger partial charge in [0.15, 0.2) is 0 Å². The van der Waals surface area contributed by atoms with Gasteiger partial charge in [-0.2, -0.15) is 0 Å². The Morgan fingerprint density at radius 2 is 2.10 bits per heavy atom. The van der Waals surface area contributed by atoms with Crippen LogP contribution in [-0.4, -0.2) is 17.8 Å². The van der Waals surface area contributed by atoms with E-state index in [9.17, 15) is 18.0 Å². The van der Waals surface area contributed by atoms with Gasteiger partial charge >= 0.3 is 6.36 Å². The number of hydrogen-bond acceptors (Lipinski definition) is 3. The molecule has 0 unspecified atom stereocenters. The Bertz CT molecular complexity index is 545. The molecule has 1 aromatic carbocycles. The highest BCUT2D eigenvalue weighted by atomic mass is 79.9. The van der Waals surface area contributed by atoms with E-state index in [4.69, 9.17) is 5.73 Å². The van der Waals surface area contributed by atoms with Crippen molar-refractivity contribution < 1.29 is 22.7 Å². The zero-order chi connectivity index (χ0) is 15.7. The van der Waals surface area contributed by atoms with E-state index in [1.807, 2.05) is 0 Å². The molecule has 0 bridgehead atoms. The predicted molar refractivity (Wildman–Crippen MR) is 74.8 cm³/mol. The number of nitrogens with one attached hydrogen (secondary N) is 1. The lowest BCUT2D eigenvalue weighted by molar-refractivity contribution is -0.274. The fourth-order valence-electron chi connectivity index (χ4n) is 2.12. The standard InChI is InChI=1S/C13H14BrF3N2O2/c14-9-6-8(2-3-10(9)21-13(15,16)17)19-11(20)7-12(18)4-1-5-12/h2-3,6H,1,4-5,7,18H2,(H,19,20). The van der Waals surface area contributed by atoms with Crippen LogP contribution < -0.4 is 15.8 Å². The summed E-state index contributed by atoms with van der Waals surface area (Å²) in [5, 5.41) is 2.61. The summed E-state index contributed by atoms with van der Waals surface area (Å²) in [7, 11) is 0. The fraction of sp³-hybridized carbons (Fsp3) is 0.462. The second-order valence-corrected chi connectivity index (χ2v) is 5.99. The SMILES string of the molecule is NC1(CC(=O)Nc2ccc(OC(F)(F)F)c(Br)c2)CCC1. The molecule has 0 heterocycles. The first-order valence-corrected chi connectivity index (χ1v) is 7.10. The molecular formula is C13H14BrF3N2O2. The summed E-state index contributed by atoms with van der Waals surface area (Å²) in [6, 6.07) is 3.82. The molecule has 1 aliphatic carbocycles. The second kappa shape index (κ2) is 5.84. The van der Waals surface area contributed by atoms with Crippen LogP contribution in [0.3, 0.4) is 0 Å². The molecule has 0 atom stereocenters. The summed E-state index contributed by atoms with van der Waals surface area (Å²) in [5.41, 5.74) is 5.90. The highest BCUT2D eigenvalue weighted by Gasteiger charge is 2.35. The molecule has 0 spiro atoms. The quantitative estimate of drug-likeness (QED) is 0.856. The lowest BCUT2D eigenvalue weighted by atomic mass is 9.75. The number of halogens is 4. The van der Waals surface area contributed by atoms with Gasteiger partial charge in [0, 0.05) is 17.6 Å². The van der Waals surface area contributed by atoms with Gasteiger partial charge in [-0.05, 0) is 53.4 Å². The van der Waals surface area contributed by atoms with Crippen LogP contribution in [0.1, 0.15) is 25.7 Å². The van der Waals surface area contributed by atoms with Crippen molar-refractivity contribution in [1.29, 1.82) is 0 Å². The van der Waals surface area contributed by atoms with E-state index in [0.29, 0.717) is 5.69 Å². The molecule has 0 saturated heterocycles. The number of nitrogens with two attached hydrogens (primary N) is 1. The predicted octanol–water partition coefficient (Wildman–Crippen LogP) is 3.56. The van der Waals surface area contributed by atoms with Crippen molar-refractivity contribution in [3.05, 3.63) is 22.7 Å². The fourth-order valence-corrected chi connectivity index (χ4v) is 2.58. The summed E-state index contributed by atoms with van der Waals surface area (Å²) in [6.07, 6.45) is -1.93. The second-order valence-electron chi connectivity index (χ2n) is 5.13. The van der Waals surface area contributed by atoms with Crippen LogP contribution in [0.25, 0.3) is 0 Å². The highest BCUT2D eigenvalue weighted by molar-refractivity contribution is 9.10. The average molecular weight is 367 g/mol. The number of amides is 1. The third-order valence-electron chi connectivity index (χ3n) is 3.30. The van der Waals surface area contributed by atoms with E-state index in [-0.39, 0.29) is 22.6 Å². The summed E-state index contributed by atoms with van der Waals surface area (Å²) in [4.78, 5) is 11.8. The maximum absolute atomic E-state index is 12.1. The van der Waals surface area contributed by atoms with Crippen molar-refractivity contribution in [2.24, 2.45) is 5.73 Å². The van der Waals surface area contributed by atoms with Crippen molar-refractivity contribution in [3.8, 4) is 5.75 Å². The van der Waals surface area contributed by atoms with Gasteiger partial charge in [-0.1, -0.05) is 0 Å². The monoisotopic (exact) mass is 366 g/mol. The molecule has 0 radical (unpaired) electrons. The van der Waals surface area contributed by atoms with E-state index in [2.05, 4.69) is 26.0 Å². The van der Waals surface area contributed by atoms with E-state index < -0.39 is 11.9 Å². The topological polar surface area (TPSA) is 64.4 Å². The zero-order valence-corrected chi connectivity index (χ0v) is 12.6. The first-order chi connectivity index (χ1) is 9.67. The zero-order valence-electron chi connectivity index (χ0n) is 11.0. The van der Waals surface area contributed by atoms with Crippen LogP contribution in [0, 0.1) is 0 Å². The Hall–Kier alpha value is -1.28. The number of ether oxygens (including phenoxy) is 1. The summed E-state index contributed by atoms with van der Waals surface area (Å²) in [5.74, 6) is -0.622. The van der Waals surface area contributed by atoms with Crippen LogP contribution in [0.4, 0.5) is 18.9 Å². The lowest BCUT2D eigenvalue weighted by Gasteiger charge is -2.37. The van der Waals surface area contributed by atoms with Gasteiger partial charge in [-0.25, -0.2) is 0 Å². The Morgan fingerprint density at radius 1 is 1.43 bits per heavy atom. The Morgan fingerprint density at radius 3 is 2.57 bits per heavy atom. The lowest BCUT2D eigenvalue weighted by Crippen LogP contribution is -2.48. The first-order valence-electron chi connectivity index (χ1n) is 6.31. The minimum absolute atomic E-state index is 0.101. The van der Waals surface area contributed by atoms with Crippen molar-refractivity contribution in [1.82, 2.24) is 0 Å². The van der Waals surface area contributed by atoms with Gasteiger partial charge in [-0.15, -0.1) is 13.2 Å². The minimum Gasteiger partial charge on any atom is -0.405 e. The van der Waals surface area contributed by atoms with Gasteiger partial charge in [0.25, 0.3) is 0 Å². The van der Waals surface area contributed by atoms with Crippen LogP contribution in [0.5, 0.6) is 5.75 Å². The number of hydrogen-bond donors (Lipinski definition) is 2. The molecule has 1 amide bonds. The number of anilines is 1. The van der Waals surface area contributed by atoms with Crippen molar-refractivity contribution in [2.75, 3.05) is 5.32 Å². The normalized spacial score (nSPS) is 17.0. The van der Waals surface area contributed by atoms with Gasteiger partial charge in [0.1, 0.15) is 5.75 Å². The summed E-state index contributed by atoms with van der Waals surface area (Å²) < 4.78 is 40.3.